The van der Waals surface area contributed by atoms with Gasteiger partial charge in [0.25, 0.3) is 0 Å². The third kappa shape index (κ3) is 4.68. The lowest BCUT2D eigenvalue weighted by Gasteiger charge is -2.09. The van der Waals surface area contributed by atoms with E-state index in [-0.39, 0.29) is 0 Å². The lowest BCUT2D eigenvalue weighted by Crippen LogP contribution is -2.13. The van der Waals surface area contributed by atoms with Crippen LogP contribution in [0.5, 0.6) is 0 Å². The van der Waals surface area contributed by atoms with Gasteiger partial charge < -0.3 is 15.8 Å². The summed E-state index contributed by atoms with van der Waals surface area (Å²) < 4.78 is 5.42. The minimum atomic E-state index is 0.541. The molecular formula is C11H18ClN3O. The molecule has 0 radical (unpaired) electrons. The van der Waals surface area contributed by atoms with E-state index in [1.54, 1.807) is 12.3 Å². The molecule has 0 unspecified atom stereocenters. The predicted octanol–water partition coefficient (Wildman–Crippen LogP) is 2.40. The van der Waals surface area contributed by atoms with Crippen molar-refractivity contribution in [2.45, 2.75) is 13.8 Å². The fourth-order valence-electron chi connectivity index (χ4n) is 1.16. The van der Waals surface area contributed by atoms with E-state index in [1.165, 1.54) is 0 Å². The highest BCUT2D eigenvalue weighted by atomic mass is 35.5. The first-order valence-electron chi connectivity index (χ1n) is 5.32. The average Bonchev–Trinajstić information content (AvgIpc) is 2.20. The van der Waals surface area contributed by atoms with Gasteiger partial charge in [0, 0.05) is 19.3 Å². The Hall–Kier alpha value is -1.00. The predicted molar refractivity (Wildman–Crippen MR) is 67.8 cm³/mol. The van der Waals surface area contributed by atoms with Crippen molar-refractivity contribution in [2.24, 2.45) is 5.92 Å². The average molecular weight is 244 g/mol. The van der Waals surface area contributed by atoms with Gasteiger partial charge in [-0.1, -0.05) is 25.4 Å². The molecule has 1 heterocycles. The molecule has 0 aromatic carbocycles. The summed E-state index contributed by atoms with van der Waals surface area (Å²) in [4.78, 5) is 4.09. The number of hydrogen-bond acceptors (Lipinski definition) is 4. The normalized spacial score (nSPS) is 10.8. The first-order valence-corrected chi connectivity index (χ1v) is 5.70. The molecule has 4 nitrogen and oxygen atoms in total. The molecule has 1 aromatic heterocycles. The molecule has 3 N–H and O–H groups in total. The number of anilines is 2. The van der Waals surface area contributed by atoms with E-state index in [9.17, 15) is 0 Å². The van der Waals surface area contributed by atoms with E-state index in [4.69, 9.17) is 22.1 Å². The Labute approximate surface area is 101 Å². The molecule has 0 bridgehead atoms. The molecule has 0 aliphatic heterocycles. The lowest BCUT2D eigenvalue weighted by molar-refractivity contribution is 0.118. The van der Waals surface area contributed by atoms with Gasteiger partial charge in [-0.05, 0) is 12.0 Å². The van der Waals surface area contributed by atoms with Crippen molar-refractivity contribution in [1.82, 2.24) is 4.98 Å². The van der Waals surface area contributed by atoms with Crippen LogP contribution in [-0.2, 0) is 4.74 Å². The number of halogens is 1. The summed E-state index contributed by atoms with van der Waals surface area (Å²) in [6.45, 7) is 6.33. The Balaban J connectivity index is 2.27. The number of ether oxygens (including phenoxy) is 1. The zero-order chi connectivity index (χ0) is 12.0. The van der Waals surface area contributed by atoms with Crippen LogP contribution in [0.4, 0.5) is 11.5 Å². The second-order valence-electron chi connectivity index (χ2n) is 3.99. The highest BCUT2D eigenvalue weighted by Gasteiger charge is 2.00. The molecule has 5 heteroatoms. The van der Waals surface area contributed by atoms with Gasteiger partial charge in [0.1, 0.15) is 5.82 Å². The highest BCUT2D eigenvalue weighted by Crippen LogP contribution is 2.18. The van der Waals surface area contributed by atoms with Gasteiger partial charge in [-0.15, -0.1) is 0 Å². The standard InChI is InChI=1S/C11H18ClN3O/c1-8(2)7-16-4-3-14-11-10(13)5-9(12)6-15-11/h5-6,8H,3-4,7,13H2,1-2H3,(H,14,15). The molecule has 0 fully saturated rings. The highest BCUT2D eigenvalue weighted by molar-refractivity contribution is 6.30. The number of hydrogen-bond donors (Lipinski definition) is 2. The van der Waals surface area contributed by atoms with E-state index in [2.05, 4.69) is 24.1 Å². The van der Waals surface area contributed by atoms with Crippen LogP contribution in [0.3, 0.4) is 0 Å². The summed E-state index contributed by atoms with van der Waals surface area (Å²) >= 11 is 5.74. The monoisotopic (exact) mass is 243 g/mol. The molecule has 16 heavy (non-hydrogen) atoms. The number of nitrogens with two attached hydrogens (primary N) is 1. The van der Waals surface area contributed by atoms with Crippen LogP contribution in [0.2, 0.25) is 5.02 Å². The van der Waals surface area contributed by atoms with Gasteiger partial charge in [0.15, 0.2) is 0 Å². The van der Waals surface area contributed by atoms with Crippen molar-refractivity contribution < 1.29 is 4.74 Å². The van der Waals surface area contributed by atoms with Gasteiger partial charge in [0.05, 0.1) is 17.3 Å². The lowest BCUT2D eigenvalue weighted by atomic mass is 10.2. The summed E-state index contributed by atoms with van der Waals surface area (Å²) in [6.07, 6.45) is 1.56. The molecule has 0 saturated heterocycles. The third-order valence-corrected chi connectivity index (χ3v) is 2.08. The van der Waals surface area contributed by atoms with Crippen LogP contribution in [0, 0.1) is 5.92 Å². The van der Waals surface area contributed by atoms with Crippen molar-refractivity contribution in [1.29, 1.82) is 0 Å². The largest absolute Gasteiger partial charge is 0.396 e. The number of pyridine rings is 1. The van der Waals surface area contributed by atoms with Crippen LogP contribution < -0.4 is 11.1 Å². The molecular weight excluding hydrogens is 226 g/mol. The summed E-state index contributed by atoms with van der Waals surface area (Å²) in [6, 6.07) is 1.67. The summed E-state index contributed by atoms with van der Waals surface area (Å²) in [5, 5.41) is 3.63. The third-order valence-electron chi connectivity index (χ3n) is 1.87. The minimum Gasteiger partial charge on any atom is -0.396 e. The Kier molecular flexibility index (Phi) is 5.35. The summed E-state index contributed by atoms with van der Waals surface area (Å²) in [5.74, 6) is 1.20. The maximum Gasteiger partial charge on any atom is 0.149 e. The molecule has 90 valence electrons. The molecule has 0 aliphatic rings. The zero-order valence-electron chi connectivity index (χ0n) is 9.66. The van der Waals surface area contributed by atoms with E-state index in [0.717, 1.165) is 6.61 Å². The summed E-state index contributed by atoms with van der Waals surface area (Å²) in [5.41, 5.74) is 6.29. The molecule has 0 amide bonds. The fraction of sp³-hybridized carbons (Fsp3) is 0.545. The number of aromatic nitrogens is 1. The van der Waals surface area contributed by atoms with Gasteiger partial charge in [-0.25, -0.2) is 4.98 Å². The quantitative estimate of drug-likeness (QED) is 0.754. The van der Waals surface area contributed by atoms with E-state index < -0.39 is 0 Å². The Bertz CT molecular complexity index is 331. The van der Waals surface area contributed by atoms with Crippen LogP contribution >= 0.6 is 11.6 Å². The summed E-state index contributed by atoms with van der Waals surface area (Å²) in [7, 11) is 0. The van der Waals surface area contributed by atoms with Crippen molar-refractivity contribution in [3.8, 4) is 0 Å². The van der Waals surface area contributed by atoms with E-state index in [1.807, 2.05) is 0 Å². The van der Waals surface area contributed by atoms with Crippen molar-refractivity contribution in [2.75, 3.05) is 30.8 Å². The van der Waals surface area contributed by atoms with E-state index >= 15 is 0 Å². The van der Waals surface area contributed by atoms with E-state index in [0.29, 0.717) is 35.6 Å². The number of rotatable bonds is 6. The number of nitrogens with zero attached hydrogens (tertiary/aromatic N) is 1. The number of nitrogen functional groups attached to an aromatic ring is 1. The smallest absolute Gasteiger partial charge is 0.149 e. The topological polar surface area (TPSA) is 60.2 Å². The maximum absolute atomic E-state index is 5.74. The Morgan fingerprint density at radius 1 is 1.56 bits per heavy atom. The first kappa shape index (κ1) is 13.1. The van der Waals surface area contributed by atoms with Crippen molar-refractivity contribution in [3.05, 3.63) is 17.3 Å². The second-order valence-corrected chi connectivity index (χ2v) is 4.42. The molecule has 1 aromatic rings. The van der Waals surface area contributed by atoms with Crippen LogP contribution in [-0.4, -0.2) is 24.7 Å². The first-order chi connectivity index (χ1) is 7.59. The van der Waals surface area contributed by atoms with Crippen LogP contribution in [0.25, 0.3) is 0 Å². The van der Waals surface area contributed by atoms with Gasteiger partial charge in [0.2, 0.25) is 0 Å². The molecule has 0 atom stereocenters. The zero-order valence-corrected chi connectivity index (χ0v) is 10.4. The number of nitrogens with one attached hydrogen (secondary N) is 1. The van der Waals surface area contributed by atoms with Crippen LogP contribution in [0.15, 0.2) is 12.3 Å². The van der Waals surface area contributed by atoms with Gasteiger partial charge in [-0.2, -0.15) is 0 Å². The molecule has 0 aliphatic carbocycles. The fourth-order valence-corrected chi connectivity index (χ4v) is 1.33. The Morgan fingerprint density at radius 3 is 2.94 bits per heavy atom. The van der Waals surface area contributed by atoms with Crippen molar-refractivity contribution >= 4 is 23.1 Å². The van der Waals surface area contributed by atoms with Gasteiger partial charge in [-0.3, -0.25) is 0 Å². The molecule has 0 spiro atoms. The minimum absolute atomic E-state index is 0.541. The Morgan fingerprint density at radius 2 is 2.31 bits per heavy atom. The SMILES string of the molecule is CC(C)COCCNc1ncc(Cl)cc1N. The molecule has 0 saturated carbocycles. The van der Waals surface area contributed by atoms with Gasteiger partial charge >= 0.3 is 0 Å². The van der Waals surface area contributed by atoms with Crippen molar-refractivity contribution in [3.63, 3.8) is 0 Å². The maximum atomic E-state index is 5.74. The molecule has 1 rings (SSSR count). The van der Waals surface area contributed by atoms with Crippen LogP contribution in [0.1, 0.15) is 13.8 Å². The second kappa shape index (κ2) is 6.55.